The zero-order chi connectivity index (χ0) is 26.2. The third-order valence-corrected chi connectivity index (χ3v) is 8.42. The Hall–Kier alpha value is -3.54. The van der Waals surface area contributed by atoms with E-state index in [1.807, 2.05) is 17.2 Å². The predicted molar refractivity (Wildman–Crippen MR) is 148 cm³/mol. The maximum Gasteiger partial charge on any atom is 0.246 e. The van der Waals surface area contributed by atoms with Gasteiger partial charge in [-0.05, 0) is 68.6 Å². The van der Waals surface area contributed by atoms with Gasteiger partial charge >= 0.3 is 0 Å². The van der Waals surface area contributed by atoms with Crippen LogP contribution in [0.25, 0.3) is 0 Å². The first-order valence-electron chi connectivity index (χ1n) is 13.6. The number of aromatic nitrogens is 1. The minimum atomic E-state index is -0.181. The highest BCUT2D eigenvalue weighted by Gasteiger charge is 2.36. The SMILES string of the molecule is C#Cc1cc2c(cc1C1CCN(C3CN(C(=O)C=C)C3)CC1)Nc1nccc(N3CCOCC3)c1[C@H](C)O2. The van der Waals surface area contributed by atoms with E-state index in [0.717, 1.165) is 99.4 Å². The quantitative estimate of drug-likeness (QED) is 0.494. The molecule has 4 aliphatic heterocycles. The molecule has 4 aliphatic rings. The number of anilines is 3. The number of likely N-dealkylation sites (tertiary alicyclic amines) is 2. The Labute approximate surface area is 224 Å². The minimum Gasteiger partial charge on any atom is -0.484 e. The number of hydrogen-bond donors (Lipinski definition) is 1. The summed E-state index contributed by atoms with van der Waals surface area (Å²) in [4.78, 5) is 23.2. The molecule has 8 nitrogen and oxygen atoms in total. The van der Waals surface area contributed by atoms with Gasteiger partial charge in [0.15, 0.2) is 0 Å². The van der Waals surface area contributed by atoms with Crippen LogP contribution in [0.15, 0.2) is 37.1 Å². The highest BCUT2D eigenvalue weighted by Crippen LogP contribution is 2.45. The summed E-state index contributed by atoms with van der Waals surface area (Å²) in [5, 5.41) is 3.59. The van der Waals surface area contributed by atoms with E-state index in [1.165, 1.54) is 11.6 Å². The number of terminal acetylenes is 1. The molecule has 0 unspecified atom stereocenters. The maximum absolute atomic E-state index is 11.8. The van der Waals surface area contributed by atoms with E-state index in [2.05, 4.69) is 46.7 Å². The fraction of sp³-hybridized carbons (Fsp3) is 0.467. The molecule has 1 aromatic carbocycles. The number of ether oxygens (including phenoxy) is 2. The Morgan fingerprint density at radius 3 is 2.68 bits per heavy atom. The number of hydrogen-bond acceptors (Lipinski definition) is 7. The van der Waals surface area contributed by atoms with E-state index in [4.69, 9.17) is 20.9 Å². The molecular formula is C30H35N5O3. The molecule has 1 N–H and O–H groups in total. The third-order valence-electron chi connectivity index (χ3n) is 8.42. The van der Waals surface area contributed by atoms with Crippen molar-refractivity contribution in [2.24, 2.45) is 0 Å². The molecule has 3 fully saturated rings. The van der Waals surface area contributed by atoms with Gasteiger partial charge in [-0.1, -0.05) is 12.5 Å². The molecule has 198 valence electrons. The Morgan fingerprint density at radius 2 is 1.97 bits per heavy atom. The number of carbonyl (C=O) groups is 1. The highest BCUT2D eigenvalue weighted by atomic mass is 16.5. The third kappa shape index (κ3) is 4.50. The first-order valence-corrected chi connectivity index (χ1v) is 13.6. The minimum absolute atomic E-state index is 0.0249. The van der Waals surface area contributed by atoms with Gasteiger partial charge in [-0.15, -0.1) is 6.42 Å². The first kappa shape index (κ1) is 24.8. The summed E-state index contributed by atoms with van der Waals surface area (Å²) in [6, 6.07) is 6.72. The molecule has 38 heavy (non-hydrogen) atoms. The van der Waals surface area contributed by atoms with Crippen molar-refractivity contribution in [1.29, 1.82) is 0 Å². The van der Waals surface area contributed by atoms with Crippen LogP contribution in [0.5, 0.6) is 5.75 Å². The fourth-order valence-corrected chi connectivity index (χ4v) is 6.25. The second kappa shape index (κ2) is 10.3. The van der Waals surface area contributed by atoms with Crippen LogP contribution in [-0.4, -0.2) is 79.2 Å². The zero-order valence-electron chi connectivity index (χ0n) is 22.0. The lowest BCUT2D eigenvalue weighted by Crippen LogP contribution is -2.61. The predicted octanol–water partition coefficient (Wildman–Crippen LogP) is 3.67. The van der Waals surface area contributed by atoms with Crippen molar-refractivity contribution in [3.8, 4) is 18.1 Å². The average molecular weight is 514 g/mol. The van der Waals surface area contributed by atoms with Gasteiger partial charge in [-0.2, -0.15) is 0 Å². The molecule has 3 saturated heterocycles. The van der Waals surface area contributed by atoms with E-state index >= 15 is 0 Å². The van der Waals surface area contributed by atoms with Gasteiger partial charge in [-0.3, -0.25) is 9.69 Å². The second-order valence-corrected chi connectivity index (χ2v) is 10.6. The lowest BCUT2D eigenvalue weighted by molar-refractivity contribution is -0.133. The zero-order valence-corrected chi connectivity index (χ0v) is 22.0. The van der Waals surface area contributed by atoms with Crippen molar-refractivity contribution in [3.05, 3.63) is 53.7 Å². The number of carbonyl (C=O) groups excluding carboxylic acids is 1. The molecule has 2 aromatic rings. The fourth-order valence-electron chi connectivity index (χ4n) is 6.25. The van der Waals surface area contributed by atoms with Gasteiger partial charge in [0.25, 0.3) is 0 Å². The van der Waals surface area contributed by atoms with Crippen LogP contribution in [0.4, 0.5) is 17.2 Å². The normalized spacial score (nSPS) is 22.2. The number of nitrogens with zero attached hydrogens (tertiary/aromatic N) is 4. The summed E-state index contributed by atoms with van der Waals surface area (Å²) >= 11 is 0. The summed E-state index contributed by atoms with van der Waals surface area (Å²) in [6.45, 7) is 12.4. The van der Waals surface area contributed by atoms with E-state index in [0.29, 0.717) is 12.0 Å². The molecule has 1 amide bonds. The molecule has 0 radical (unpaired) electrons. The number of fused-ring (bicyclic) bond motifs is 2. The van der Waals surface area contributed by atoms with Crippen LogP contribution in [0.2, 0.25) is 0 Å². The number of nitrogens with one attached hydrogen (secondary N) is 1. The lowest BCUT2D eigenvalue weighted by atomic mass is 9.85. The van der Waals surface area contributed by atoms with Crippen LogP contribution < -0.4 is 15.0 Å². The molecule has 0 bridgehead atoms. The first-order chi connectivity index (χ1) is 18.6. The Balaban J connectivity index is 1.22. The van der Waals surface area contributed by atoms with Gasteiger partial charge in [-0.25, -0.2) is 4.98 Å². The number of pyridine rings is 1. The summed E-state index contributed by atoms with van der Waals surface area (Å²) in [5.74, 6) is 4.93. The van der Waals surface area contributed by atoms with Gasteiger partial charge in [0, 0.05) is 49.7 Å². The summed E-state index contributed by atoms with van der Waals surface area (Å²) < 4.78 is 12.1. The van der Waals surface area contributed by atoms with Crippen LogP contribution in [-0.2, 0) is 9.53 Å². The van der Waals surface area contributed by atoms with Crippen molar-refractivity contribution in [3.63, 3.8) is 0 Å². The van der Waals surface area contributed by atoms with Gasteiger partial charge in [0.1, 0.15) is 17.7 Å². The van der Waals surface area contributed by atoms with E-state index in [1.54, 1.807) is 0 Å². The van der Waals surface area contributed by atoms with Crippen LogP contribution in [0.1, 0.15) is 48.5 Å². The summed E-state index contributed by atoms with van der Waals surface area (Å²) in [7, 11) is 0. The average Bonchev–Trinajstić information content (AvgIpc) is 3.07. The Bertz CT molecular complexity index is 1270. The van der Waals surface area contributed by atoms with Crippen molar-refractivity contribution >= 4 is 23.1 Å². The Kier molecular flexibility index (Phi) is 6.73. The second-order valence-electron chi connectivity index (χ2n) is 10.6. The number of rotatable bonds is 4. The van der Waals surface area contributed by atoms with Crippen molar-refractivity contribution in [2.45, 2.75) is 37.8 Å². The van der Waals surface area contributed by atoms with Gasteiger partial charge < -0.3 is 24.6 Å². The van der Waals surface area contributed by atoms with E-state index < -0.39 is 0 Å². The standard InChI is InChI=1S/C30H35N5O3/c1-4-21-16-27-25(17-24(21)22-7-10-33(11-8-22)23-18-35(19-23)28(36)5-2)32-30-29(20(3)38-27)26(6-9-31-30)34-12-14-37-15-13-34/h1,5-6,9,16-17,20,22-23H,2,7-8,10-15,18-19H2,3H3,(H,31,32)/t20-/m0/s1. The maximum atomic E-state index is 11.8. The highest BCUT2D eigenvalue weighted by molar-refractivity contribution is 5.87. The summed E-state index contributed by atoms with van der Waals surface area (Å²) in [6.07, 6.45) is 11.2. The number of piperidine rings is 1. The Morgan fingerprint density at radius 1 is 1.21 bits per heavy atom. The van der Waals surface area contributed by atoms with Crippen molar-refractivity contribution < 1.29 is 14.3 Å². The molecule has 1 atom stereocenters. The molecule has 0 spiro atoms. The summed E-state index contributed by atoms with van der Waals surface area (Å²) in [5.41, 5.74) is 5.21. The van der Waals surface area contributed by atoms with Crippen molar-refractivity contribution in [1.82, 2.24) is 14.8 Å². The topological polar surface area (TPSA) is 70.2 Å². The smallest absolute Gasteiger partial charge is 0.246 e. The lowest BCUT2D eigenvalue weighted by Gasteiger charge is -2.47. The van der Waals surface area contributed by atoms with Crippen molar-refractivity contribution in [2.75, 3.05) is 62.7 Å². The van der Waals surface area contributed by atoms with Gasteiger partial charge in [0.05, 0.1) is 24.5 Å². The van der Waals surface area contributed by atoms with Crippen LogP contribution >= 0.6 is 0 Å². The van der Waals surface area contributed by atoms with Crippen LogP contribution in [0.3, 0.4) is 0 Å². The van der Waals surface area contributed by atoms with Crippen LogP contribution in [0, 0.1) is 12.3 Å². The molecule has 6 rings (SSSR count). The monoisotopic (exact) mass is 513 g/mol. The van der Waals surface area contributed by atoms with Gasteiger partial charge in [0.2, 0.25) is 5.91 Å². The largest absolute Gasteiger partial charge is 0.484 e. The number of morpholine rings is 1. The molecule has 0 saturated carbocycles. The molecule has 8 heteroatoms. The molecule has 0 aliphatic carbocycles. The van der Waals surface area contributed by atoms with E-state index in [-0.39, 0.29) is 12.0 Å². The molecule has 5 heterocycles. The number of benzene rings is 1. The molecule has 1 aromatic heterocycles. The molecular weight excluding hydrogens is 478 g/mol. The number of amides is 1. The van der Waals surface area contributed by atoms with E-state index in [9.17, 15) is 4.79 Å².